The van der Waals surface area contributed by atoms with Crippen molar-refractivity contribution in [2.45, 2.75) is 69.9 Å². The topological polar surface area (TPSA) is 90.4 Å². The number of hydrogen-bond donors (Lipinski definition) is 1. The number of carbonyl (C=O) groups excluding carboxylic acids is 3. The van der Waals surface area contributed by atoms with Gasteiger partial charge in [0, 0.05) is 25.7 Å². The molecular formula is C30H41N3O5. The van der Waals surface area contributed by atoms with Crippen LogP contribution in [0.15, 0.2) is 55.6 Å². The van der Waals surface area contributed by atoms with Crippen molar-refractivity contribution in [2.24, 2.45) is 11.8 Å². The van der Waals surface area contributed by atoms with E-state index in [1.807, 2.05) is 51.1 Å². The van der Waals surface area contributed by atoms with Crippen LogP contribution in [0, 0.1) is 11.8 Å². The third kappa shape index (κ3) is 4.47. The van der Waals surface area contributed by atoms with Crippen LogP contribution >= 0.6 is 0 Å². The number of fused-ring (bicyclic) bond motifs is 1. The van der Waals surface area contributed by atoms with Crippen molar-refractivity contribution in [3.05, 3.63) is 61.2 Å². The summed E-state index contributed by atoms with van der Waals surface area (Å²) in [6.45, 7) is 14.4. The van der Waals surface area contributed by atoms with Crippen molar-refractivity contribution >= 4 is 17.7 Å². The maximum Gasteiger partial charge on any atom is 0.248 e. The molecule has 1 spiro atoms. The molecule has 6 atom stereocenters. The summed E-state index contributed by atoms with van der Waals surface area (Å²) >= 11 is 0. The van der Waals surface area contributed by atoms with Gasteiger partial charge in [-0.05, 0) is 38.7 Å². The number of ether oxygens (including phenoxy) is 1. The van der Waals surface area contributed by atoms with Gasteiger partial charge in [0.2, 0.25) is 17.7 Å². The second kappa shape index (κ2) is 11.4. The Labute approximate surface area is 225 Å². The molecule has 2 unspecified atom stereocenters. The van der Waals surface area contributed by atoms with Gasteiger partial charge in [0.25, 0.3) is 0 Å². The molecule has 1 N–H and O–H groups in total. The van der Waals surface area contributed by atoms with Crippen molar-refractivity contribution in [3.63, 3.8) is 0 Å². The zero-order valence-corrected chi connectivity index (χ0v) is 22.8. The molecule has 3 fully saturated rings. The lowest BCUT2D eigenvalue weighted by atomic mass is 9.70. The molecular weight excluding hydrogens is 482 g/mol. The molecule has 8 nitrogen and oxygen atoms in total. The number of hydrogen-bond acceptors (Lipinski definition) is 5. The maximum absolute atomic E-state index is 14.4. The lowest BCUT2D eigenvalue weighted by Gasteiger charge is -2.40. The fourth-order valence-corrected chi connectivity index (χ4v) is 6.80. The van der Waals surface area contributed by atoms with E-state index in [2.05, 4.69) is 13.2 Å². The third-order valence-electron chi connectivity index (χ3n) is 8.34. The van der Waals surface area contributed by atoms with Gasteiger partial charge in [-0.15, -0.1) is 13.2 Å². The summed E-state index contributed by atoms with van der Waals surface area (Å²) in [4.78, 5) is 47.6. The normalized spacial score (nSPS) is 28.3. The largest absolute Gasteiger partial charge is 0.394 e. The molecule has 206 valence electrons. The lowest BCUT2D eigenvalue weighted by Crippen LogP contribution is -2.58. The Morgan fingerprint density at radius 2 is 1.87 bits per heavy atom. The highest BCUT2D eigenvalue weighted by Gasteiger charge is 2.75. The maximum atomic E-state index is 14.4. The Hall–Kier alpha value is -2.97. The molecule has 0 aliphatic carbocycles. The molecule has 4 rings (SSSR count). The van der Waals surface area contributed by atoms with Crippen LogP contribution in [0.5, 0.6) is 0 Å². The number of aliphatic hydroxyl groups is 1. The summed E-state index contributed by atoms with van der Waals surface area (Å²) in [5.74, 6) is -2.14. The molecule has 3 aliphatic heterocycles. The number of benzene rings is 1. The molecule has 2 bridgehead atoms. The summed E-state index contributed by atoms with van der Waals surface area (Å²) in [6.07, 6.45) is 4.83. The Morgan fingerprint density at radius 3 is 2.45 bits per heavy atom. The molecule has 3 saturated heterocycles. The molecule has 3 heterocycles. The van der Waals surface area contributed by atoms with E-state index < -0.39 is 35.6 Å². The first-order valence-electron chi connectivity index (χ1n) is 13.7. The zero-order valence-electron chi connectivity index (χ0n) is 22.8. The second-order valence-corrected chi connectivity index (χ2v) is 10.9. The number of carbonyl (C=O) groups is 3. The average molecular weight is 524 g/mol. The summed E-state index contributed by atoms with van der Waals surface area (Å²) < 4.78 is 6.61. The Balaban J connectivity index is 1.83. The van der Waals surface area contributed by atoms with Crippen LogP contribution in [-0.4, -0.2) is 87.6 Å². The average Bonchev–Trinajstić information content (AvgIpc) is 3.55. The Bertz CT molecular complexity index is 1060. The summed E-state index contributed by atoms with van der Waals surface area (Å²) in [5.41, 5.74) is -0.393. The molecule has 0 aromatic heterocycles. The van der Waals surface area contributed by atoms with Crippen molar-refractivity contribution in [1.82, 2.24) is 14.7 Å². The minimum atomic E-state index is -1.12. The number of nitrogens with zero attached hydrogens (tertiary/aromatic N) is 3. The molecule has 1 aromatic rings. The van der Waals surface area contributed by atoms with Gasteiger partial charge in [0.05, 0.1) is 30.6 Å². The van der Waals surface area contributed by atoms with E-state index in [9.17, 15) is 19.5 Å². The summed E-state index contributed by atoms with van der Waals surface area (Å²) in [5, 5.41) is 10.6. The van der Waals surface area contributed by atoms with Crippen LogP contribution in [0.25, 0.3) is 0 Å². The van der Waals surface area contributed by atoms with E-state index in [1.165, 1.54) is 4.90 Å². The number of aliphatic hydroxyl groups excluding tert-OH is 1. The van der Waals surface area contributed by atoms with Gasteiger partial charge < -0.3 is 24.5 Å². The van der Waals surface area contributed by atoms with Gasteiger partial charge in [0.15, 0.2) is 0 Å². The van der Waals surface area contributed by atoms with E-state index in [-0.39, 0.29) is 30.4 Å². The van der Waals surface area contributed by atoms with E-state index in [4.69, 9.17) is 4.74 Å². The Kier molecular flexibility index (Phi) is 8.43. The number of amides is 3. The standard InChI is InChI=1S/C30H41N3O5/c1-6-16-31(17-7-2)27(35)24-23-14-15-30(38-23)25(24)28(36)33(22(19-34)21-12-10-9-11-13-21)26(30)29(37)32(18-8-3)20(4)5/h6,8-13,20,22-26,34H,1,3,7,14-19H2,2,4-5H3/t22-,23+,24-,25+,26?,30?/m1/s1. The van der Waals surface area contributed by atoms with Crippen molar-refractivity contribution in [3.8, 4) is 0 Å². The highest BCUT2D eigenvalue weighted by atomic mass is 16.5. The van der Waals surface area contributed by atoms with Crippen molar-refractivity contribution in [2.75, 3.05) is 26.2 Å². The smallest absolute Gasteiger partial charge is 0.248 e. The summed E-state index contributed by atoms with van der Waals surface area (Å²) in [6, 6.07) is 7.42. The molecule has 8 heteroatoms. The highest BCUT2D eigenvalue weighted by molar-refractivity contribution is 5.99. The van der Waals surface area contributed by atoms with Gasteiger partial charge in [0.1, 0.15) is 11.6 Å². The van der Waals surface area contributed by atoms with Crippen LogP contribution in [0.2, 0.25) is 0 Å². The van der Waals surface area contributed by atoms with Gasteiger partial charge in [-0.2, -0.15) is 0 Å². The van der Waals surface area contributed by atoms with Crippen LogP contribution in [0.3, 0.4) is 0 Å². The number of likely N-dealkylation sites (tertiary alicyclic amines) is 1. The summed E-state index contributed by atoms with van der Waals surface area (Å²) in [7, 11) is 0. The van der Waals surface area contributed by atoms with Crippen LogP contribution < -0.4 is 0 Å². The van der Waals surface area contributed by atoms with E-state index >= 15 is 0 Å². The fourth-order valence-electron chi connectivity index (χ4n) is 6.80. The van der Waals surface area contributed by atoms with Crippen LogP contribution in [0.4, 0.5) is 0 Å². The zero-order chi connectivity index (χ0) is 27.6. The van der Waals surface area contributed by atoms with Crippen molar-refractivity contribution < 1.29 is 24.2 Å². The second-order valence-electron chi connectivity index (χ2n) is 10.9. The van der Waals surface area contributed by atoms with E-state index in [0.29, 0.717) is 32.5 Å². The molecule has 3 amide bonds. The molecule has 1 aromatic carbocycles. The first-order valence-corrected chi connectivity index (χ1v) is 13.7. The highest BCUT2D eigenvalue weighted by Crippen LogP contribution is 2.60. The number of rotatable bonds is 12. The SMILES string of the molecule is C=CCN(CCC)C(=O)[C@@H]1[C@@H]2CCC3(O2)C(C(=O)N(CC=C)C(C)C)N([C@H](CO)c2ccccc2)C(=O)[C@H]13. The predicted molar refractivity (Wildman–Crippen MR) is 145 cm³/mol. The van der Waals surface area contributed by atoms with Crippen molar-refractivity contribution in [1.29, 1.82) is 0 Å². The Morgan fingerprint density at radius 1 is 1.18 bits per heavy atom. The molecule has 3 aliphatic rings. The quantitative estimate of drug-likeness (QED) is 0.426. The lowest BCUT2D eigenvalue weighted by molar-refractivity contribution is -0.153. The fraction of sp³-hybridized carbons (Fsp3) is 0.567. The van der Waals surface area contributed by atoms with Gasteiger partial charge >= 0.3 is 0 Å². The van der Waals surface area contributed by atoms with Gasteiger partial charge in [-0.25, -0.2) is 0 Å². The van der Waals surface area contributed by atoms with Crippen LogP contribution in [-0.2, 0) is 19.1 Å². The first-order chi connectivity index (χ1) is 18.3. The molecule has 38 heavy (non-hydrogen) atoms. The van der Waals surface area contributed by atoms with Gasteiger partial charge in [-0.3, -0.25) is 14.4 Å². The van der Waals surface area contributed by atoms with Crippen LogP contribution in [0.1, 0.15) is 51.6 Å². The minimum Gasteiger partial charge on any atom is -0.394 e. The van der Waals surface area contributed by atoms with E-state index in [1.54, 1.807) is 22.0 Å². The first kappa shape index (κ1) is 28.0. The monoisotopic (exact) mass is 523 g/mol. The third-order valence-corrected chi connectivity index (χ3v) is 8.34. The van der Waals surface area contributed by atoms with E-state index in [0.717, 1.165) is 12.0 Å². The minimum absolute atomic E-state index is 0.128. The molecule has 0 radical (unpaired) electrons. The van der Waals surface area contributed by atoms with Gasteiger partial charge in [-0.1, -0.05) is 49.4 Å². The molecule has 0 saturated carbocycles. The predicted octanol–water partition coefficient (Wildman–Crippen LogP) is 2.94.